The summed E-state index contributed by atoms with van der Waals surface area (Å²) in [4.78, 5) is 50.0. The highest BCUT2D eigenvalue weighted by Gasteiger charge is 2.66. The standard InChI is InChI=1S/C25H31ClO5/c1-4-5-22(30)31-25(21(29)14-26)11-9-18-16-7-6-15-12-19(27)20(28)13-23(15,2)17(16)8-10-24(18,25)3/h12,18H,4-11,13-14H2,1-3H3/t18-,23-,24-,25-/m0/s1. The second-order valence-corrected chi connectivity index (χ2v) is 10.4. The lowest BCUT2D eigenvalue weighted by Gasteiger charge is -2.53. The fourth-order valence-corrected chi connectivity index (χ4v) is 7.17. The number of ketones is 3. The SMILES string of the molecule is CCCC(=O)O[C@]1(C(=O)CCl)CC[C@H]2C3=C(CC[C@@]21C)[C@@]1(C)CC(=O)C(=O)C=C1CC3. The minimum absolute atomic E-state index is 0.115. The van der Waals surface area contributed by atoms with E-state index in [4.69, 9.17) is 16.3 Å². The molecule has 0 unspecified atom stereocenters. The van der Waals surface area contributed by atoms with Crippen LogP contribution in [0, 0.1) is 16.7 Å². The van der Waals surface area contributed by atoms with Crippen LogP contribution in [0.15, 0.2) is 22.8 Å². The molecule has 0 bridgehead atoms. The number of carbonyl (C=O) groups is 4. The molecule has 4 rings (SSSR count). The van der Waals surface area contributed by atoms with Crippen molar-refractivity contribution in [1.29, 1.82) is 0 Å². The monoisotopic (exact) mass is 446 g/mol. The summed E-state index contributed by atoms with van der Waals surface area (Å²) in [6.45, 7) is 6.09. The van der Waals surface area contributed by atoms with E-state index < -0.39 is 16.4 Å². The van der Waals surface area contributed by atoms with Crippen LogP contribution in [0.5, 0.6) is 0 Å². The van der Waals surface area contributed by atoms with Gasteiger partial charge in [0.25, 0.3) is 0 Å². The summed E-state index contributed by atoms with van der Waals surface area (Å²) in [6.07, 6.45) is 7.02. The summed E-state index contributed by atoms with van der Waals surface area (Å²) in [6, 6.07) is 0. The van der Waals surface area contributed by atoms with Crippen molar-refractivity contribution >= 4 is 34.9 Å². The van der Waals surface area contributed by atoms with Crippen LogP contribution in [-0.4, -0.2) is 34.8 Å². The molecule has 1 saturated carbocycles. The van der Waals surface area contributed by atoms with Gasteiger partial charge in [-0.25, -0.2) is 0 Å². The summed E-state index contributed by atoms with van der Waals surface area (Å²) < 4.78 is 6.00. The second-order valence-electron chi connectivity index (χ2n) is 10.1. The van der Waals surface area contributed by atoms with Gasteiger partial charge in [0, 0.05) is 23.7 Å². The molecule has 0 saturated heterocycles. The fourth-order valence-electron chi connectivity index (χ4n) is 6.96. The molecular formula is C25H31ClO5. The molecule has 0 radical (unpaired) electrons. The molecule has 5 nitrogen and oxygen atoms in total. The topological polar surface area (TPSA) is 77.5 Å². The molecule has 4 aliphatic rings. The van der Waals surface area contributed by atoms with Crippen LogP contribution in [-0.2, 0) is 23.9 Å². The first kappa shape index (κ1) is 22.4. The van der Waals surface area contributed by atoms with E-state index in [1.807, 2.05) is 6.92 Å². The normalized spacial score (nSPS) is 37.0. The molecule has 6 heteroatoms. The van der Waals surface area contributed by atoms with Gasteiger partial charge >= 0.3 is 5.97 Å². The molecule has 31 heavy (non-hydrogen) atoms. The number of ether oxygens (including phenoxy) is 1. The Balaban J connectivity index is 1.77. The number of alkyl halides is 1. The molecule has 4 atom stereocenters. The third-order valence-corrected chi connectivity index (χ3v) is 8.87. The van der Waals surface area contributed by atoms with E-state index in [1.54, 1.807) is 6.08 Å². The molecular weight excluding hydrogens is 416 g/mol. The predicted molar refractivity (Wildman–Crippen MR) is 117 cm³/mol. The Morgan fingerprint density at radius 2 is 1.90 bits per heavy atom. The minimum atomic E-state index is -1.18. The molecule has 0 N–H and O–H groups in total. The van der Waals surface area contributed by atoms with E-state index in [-0.39, 0.29) is 48.0 Å². The van der Waals surface area contributed by atoms with Gasteiger partial charge in [0.1, 0.15) is 0 Å². The van der Waals surface area contributed by atoms with Gasteiger partial charge in [-0.3, -0.25) is 19.2 Å². The zero-order valence-corrected chi connectivity index (χ0v) is 19.4. The average molecular weight is 447 g/mol. The van der Waals surface area contributed by atoms with Gasteiger partial charge < -0.3 is 4.74 Å². The van der Waals surface area contributed by atoms with E-state index in [2.05, 4.69) is 13.8 Å². The van der Waals surface area contributed by atoms with Crippen molar-refractivity contribution in [2.75, 3.05) is 5.88 Å². The summed E-state index contributed by atoms with van der Waals surface area (Å²) in [7, 11) is 0. The quantitative estimate of drug-likeness (QED) is 0.266. The first-order valence-electron chi connectivity index (χ1n) is 11.4. The second kappa shape index (κ2) is 7.68. The van der Waals surface area contributed by atoms with Gasteiger partial charge in [-0.15, -0.1) is 11.6 Å². The minimum Gasteiger partial charge on any atom is -0.450 e. The van der Waals surface area contributed by atoms with Gasteiger partial charge in [0.15, 0.2) is 11.4 Å². The third-order valence-electron chi connectivity index (χ3n) is 8.63. The van der Waals surface area contributed by atoms with Gasteiger partial charge in [-0.2, -0.15) is 0 Å². The average Bonchev–Trinajstić information content (AvgIpc) is 3.02. The van der Waals surface area contributed by atoms with Crippen LogP contribution < -0.4 is 0 Å². The molecule has 0 aromatic carbocycles. The molecule has 0 aromatic rings. The number of esters is 1. The van der Waals surface area contributed by atoms with Crippen molar-refractivity contribution in [3.63, 3.8) is 0 Å². The summed E-state index contributed by atoms with van der Waals surface area (Å²) in [5, 5.41) is 0. The molecule has 0 aromatic heterocycles. The summed E-state index contributed by atoms with van der Waals surface area (Å²) in [5.41, 5.74) is 1.55. The van der Waals surface area contributed by atoms with E-state index >= 15 is 0 Å². The zero-order valence-electron chi connectivity index (χ0n) is 18.6. The fraction of sp³-hybridized carbons (Fsp3) is 0.680. The van der Waals surface area contributed by atoms with E-state index in [0.717, 1.165) is 31.3 Å². The van der Waals surface area contributed by atoms with Crippen molar-refractivity contribution in [3.05, 3.63) is 22.8 Å². The smallest absolute Gasteiger partial charge is 0.306 e. The Morgan fingerprint density at radius 1 is 1.16 bits per heavy atom. The van der Waals surface area contributed by atoms with Crippen molar-refractivity contribution < 1.29 is 23.9 Å². The third kappa shape index (κ3) is 3.10. The maximum Gasteiger partial charge on any atom is 0.306 e. The number of Topliss-reactive ketones (excluding diaryl/α,β-unsaturated/α-hetero) is 2. The van der Waals surface area contributed by atoms with Crippen molar-refractivity contribution in [2.24, 2.45) is 16.7 Å². The molecule has 0 aliphatic heterocycles. The Bertz CT molecular complexity index is 930. The number of hydrogen-bond donors (Lipinski definition) is 0. The Morgan fingerprint density at radius 3 is 2.58 bits per heavy atom. The van der Waals surface area contributed by atoms with Crippen LogP contribution in [0.1, 0.15) is 78.6 Å². The van der Waals surface area contributed by atoms with E-state index in [0.29, 0.717) is 19.3 Å². The highest BCUT2D eigenvalue weighted by atomic mass is 35.5. The van der Waals surface area contributed by atoms with Crippen LogP contribution in [0.3, 0.4) is 0 Å². The molecule has 0 amide bonds. The highest BCUT2D eigenvalue weighted by molar-refractivity contribution is 6.42. The lowest BCUT2D eigenvalue weighted by atomic mass is 9.52. The summed E-state index contributed by atoms with van der Waals surface area (Å²) >= 11 is 6.03. The maximum absolute atomic E-state index is 13.1. The van der Waals surface area contributed by atoms with Gasteiger partial charge in [0.05, 0.1) is 5.88 Å². The van der Waals surface area contributed by atoms with E-state index in [9.17, 15) is 19.2 Å². The first-order valence-corrected chi connectivity index (χ1v) is 12.0. The summed E-state index contributed by atoms with van der Waals surface area (Å²) in [5.74, 6) is -1.29. The van der Waals surface area contributed by atoms with Crippen LogP contribution in [0.25, 0.3) is 0 Å². The number of rotatable bonds is 5. The Labute approximate surface area is 188 Å². The lowest BCUT2D eigenvalue weighted by Crippen LogP contribution is -2.56. The van der Waals surface area contributed by atoms with Crippen LogP contribution in [0.2, 0.25) is 0 Å². The zero-order chi connectivity index (χ0) is 22.6. The van der Waals surface area contributed by atoms with Crippen LogP contribution in [0.4, 0.5) is 0 Å². The van der Waals surface area contributed by atoms with Gasteiger partial charge in [0.2, 0.25) is 11.6 Å². The molecule has 1 fully saturated rings. The number of allylic oxidation sites excluding steroid dienone is 4. The van der Waals surface area contributed by atoms with Crippen LogP contribution >= 0.6 is 11.6 Å². The molecule has 0 spiro atoms. The van der Waals surface area contributed by atoms with Crippen molar-refractivity contribution in [2.45, 2.75) is 84.2 Å². The lowest BCUT2D eigenvalue weighted by molar-refractivity contribution is -0.181. The maximum atomic E-state index is 13.1. The highest BCUT2D eigenvalue weighted by Crippen LogP contribution is 2.66. The number of hydrogen-bond acceptors (Lipinski definition) is 5. The molecule has 4 aliphatic carbocycles. The Hall–Kier alpha value is -1.75. The van der Waals surface area contributed by atoms with E-state index in [1.165, 1.54) is 11.1 Å². The Kier molecular flexibility index (Phi) is 5.56. The number of carbonyl (C=O) groups excluding carboxylic acids is 4. The van der Waals surface area contributed by atoms with Gasteiger partial charge in [-0.05, 0) is 56.9 Å². The number of halogens is 1. The number of fused-ring (bicyclic) bond motifs is 4. The first-order chi connectivity index (χ1) is 14.6. The van der Waals surface area contributed by atoms with Crippen molar-refractivity contribution in [3.8, 4) is 0 Å². The predicted octanol–water partition coefficient (Wildman–Crippen LogP) is 4.65. The van der Waals surface area contributed by atoms with Gasteiger partial charge in [-0.1, -0.05) is 37.5 Å². The van der Waals surface area contributed by atoms with Crippen molar-refractivity contribution in [1.82, 2.24) is 0 Å². The largest absolute Gasteiger partial charge is 0.450 e. The molecule has 168 valence electrons. The molecule has 0 heterocycles.